The first-order valence-corrected chi connectivity index (χ1v) is 6.65. The summed E-state index contributed by atoms with van der Waals surface area (Å²) in [5, 5.41) is 5.49. The summed E-state index contributed by atoms with van der Waals surface area (Å²) in [5.41, 5.74) is 3.03. The summed E-state index contributed by atoms with van der Waals surface area (Å²) in [6.07, 6.45) is 3.38. The highest BCUT2D eigenvalue weighted by molar-refractivity contribution is 5.76. The van der Waals surface area contributed by atoms with E-state index in [-0.39, 0.29) is 18.5 Å². The largest absolute Gasteiger partial charge is 0.334 e. The second kappa shape index (κ2) is 8.18. The molecule has 5 N–H and O–H groups in total. The fraction of sp³-hybridized carbons (Fsp3) is 0.462. The molecule has 8 nitrogen and oxygen atoms in total. The number of likely N-dealkylation sites (N-methyl/N-ethyl adjacent to an activating group) is 1. The minimum absolute atomic E-state index is 0.235. The molecule has 0 saturated carbocycles. The van der Waals surface area contributed by atoms with Gasteiger partial charge in [0.2, 0.25) is 0 Å². The van der Waals surface area contributed by atoms with Gasteiger partial charge in [-0.3, -0.25) is 15.2 Å². The molecular weight excluding hydrogens is 272 g/mol. The molecule has 0 bridgehead atoms. The van der Waals surface area contributed by atoms with Crippen LogP contribution in [0.4, 0.5) is 4.79 Å². The van der Waals surface area contributed by atoms with Crippen molar-refractivity contribution >= 4 is 11.9 Å². The van der Waals surface area contributed by atoms with Gasteiger partial charge in [-0.15, -0.1) is 0 Å². The molecule has 0 aliphatic heterocycles. The highest BCUT2D eigenvalue weighted by Crippen LogP contribution is 1.95. The number of pyridine rings is 1. The van der Waals surface area contributed by atoms with Crippen LogP contribution in [0, 0.1) is 0 Å². The van der Waals surface area contributed by atoms with Crippen LogP contribution in [0.1, 0.15) is 5.56 Å². The third-order valence-electron chi connectivity index (χ3n) is 2.91. The van der Waals surface area contributed by atoms with Crippen molar-refractivity contribution in [2.24, 2.45) is 5.84 Å². The van der Waals surface area contributed by atoms with Gasteiger partial charge in [0.1, 0.15) is 0 Å². The molecule has 3 amide bonds. The van der Waals surface area contributed by atoms with E-state index < -0.39 is 0 Å². The first-order valence-electron chi connectivity index (χ1n) is 6.65. The lowest BCUT2D eigenvalue weighted by Crippen LogP contribution is -2.52. The number of rotatable bonds is 7. The quantitative estimate of drug-likeness (QED) is 0.223. The molecule has 1 heterocycles. The number of nitrogens with two attached hydrogens (primary N) is 1. The SMILES string of the molecule is C[N+](C)(CCNC(=O)NCc1cccnc1)CC(=O)NN. The summed E-state index contributed by atoms with van der Waals surface area (Å²) in [6.45, 7) is 1.76. The first kappa shape index (κ1) is 16.9. The standard InChI is InChI=1S/C13H22N6O2/c1-19(2,10-12(20)18-14)7-6-16-13(21)17-9-11-4-3-5-15-8-11/h3-5,8H,6-7,9-10,14H2,1-2H3,(H2-,16,17,18,20,21)/p+1. The second-order valence-electron chi connectivity index (χ2n) is 5.36. The predicted molar refractivity (Wildman–Crippen MR) is 78.6 cm³/mol. The van der Waals surface area contributed by atoms with Crippen molar-refractivity contribution in [2.75, 3.05) is 33.7 Å². The molecule has 0 radical (unpaired) electrons. The summed E-state index contributed by atoms with van der Waals surface area (Å²) in [6, 6.07) is 3.46. The second-order valence-corrected chi connectivity index (χ2v) is 5.36. The number of carbonyl (C=O) groups is 2. The fourth-order valence-electron chi connectivity index (χ4n) is 1.73. The molecule has 0 spiro atoms. The number of quaternary nitrogens is 1. The summed E-state index contributed by atoms with van der Waals surface area (Å²) in [4.78, 5) is 26.8. The lowest BCUT2D eigenvalue weighted by Gasteiger charge is -2.28. The van der Waals surface area contributed by atoms with E-state index in [1.807, 2.05) is 26.2 Å². The maximum atomic E-state index is 11.6. The van der Waals surface area contributed by atoms with Crippen molar-refractivity contribution in [3.8, 4) is 0 Å². The molecule has 1 aromatic rings. The number of nitrogens with one attached hydrogen (secondary N) is 3. The molecule has 116 valence electrons. The van der Waals surface area contributed by atoms with E-state index in [9.17, 15) is 9.59 Å². The Bertz CT molecular complexity index is 463. The van der Waals surface area contributed by atoms with Gasteiger partial charge in [-0.2, -0.15) is 0 Å². The number of hydrogen-bond donors (Lipinski definition) is 4. The van der Waals surface area contributed by atoms with Gasteiger partial charge in [-0.1, -0.05) is 6.07 Å². The van der Waals surface area contributed by atoms with Crippen molar-refractivity contribution in [3.63, 3.8) is 0 Å². The predicted octanol–water partition coefficient (Wildman–Crippen LogP) is -1.05. The van der Waals surface area contributed by atoms with Crippen LogP contribution in [0.15, 0.2) is 24.5 Å². The molecule has 1 aromatic heterocycles. The number of carbonyl (C=O) groups excluding carboxylic acids is 2. The van der Waals surface area contributed by atoms with Crippen molar-refractivity contribution < 1.29 is 14.1 Å². The Morgan fingerprint density at radius 3 is 2.71 bits per heavy atom. The topological polar surface area (TPSA) is 109 Å². The van der Waals surface area contributed by atoms with Crippen molar-refractivity contribution in [2.45, 2.75) is 6.54 Å². The molecule has 0 saturated heterocycles. The highest BCUT2D eigenvalue weighted by Gasteiger charge is 2.19. The van der Waals surface area contributed by atoms with Crippen molar-refractivity contribution in [1.82, 2.24) is 21.0 Å². The highest BCUT2D eigenvalue weighted by atomic mass is 16.2. The number of amides is 3. The Morgan fingerprint density at radius 1 is 1.33 bits per heavy atom. The Labute approximate surface area is 124 Å². The van der Waals surface area contributed by atoms with Crippen LogP contribution >= 0.6 is 0 Å². The minimum atomic E-state index is -0.248. The van der Waals surface area contributed by atoms with Crippen LogP contribution in [-0.4, -0.2) is 55.1 Å². The lowest BCUT2D eigenvalue weighted by atomic mass is 10.3. The van der Waals surface area contributed by atoms with Crippen LogP contribution < -0.4 is 21.9 Å². The Kier molecular flexibility index (Phi) is 6.57. The number of hydrazine groups is 1. The molecule has 0 aliphatic carbocycles. The van der Waals surface area contributed by atoms with E-state index in [0.29, 0.717) is 24.1 Å². The maximum absolute atomic E-state index is 11.6. The zero-order valence-electron chi connectivity index (χ0n) is 12.4. The molecule has 21 heavy (non-hydrogen) atoms. The van der Waals surface area contributed by atoms with Crippen LogP contribution in [0.3, 0.4) is 0 Å². The fourth-order valence-corrected chi connectivity index (χ4v) is 1.73. The van der Waals surface area contributed by atoms with E-state index in [1.54, 1.807) is 12.4 Å². The van der Waals surface area contributed by atoms with Gasteiger partial charge >= 0.3 is 6.03 Å². The summed E-state index contributed by atoms with van der Waals surface area (Å²) in [5.74, 6) is 4.82. The molecule has 0 atom stereocenters. The minimum Gasteiger partial charge on any atom is -0.334 e. The van der Waals surface area contributed by atoms with Crippen LogP contribution in [0.5, 0.6) is 0 Å². The summed E-state index contributed by atoms with van der Waals surface area (Å²) in [7, 11) is 3.79. The molecule has 1 rings (SSSR count). The number of nitrogens with zero attached hydrogens (tertiary/aromatic N) is 2. The number of hydrogen-bond acceptors (Lipinski definition) is 4. The molecular formula is C13H23N6O2+. The van der Waals surface area contributed by atoms with Crippen LogP contribution in [0.25, 0.3) is 0 Å². The first-order chi connectivity index (χ1) is 9.93. The summed E-state index contributed by atoms with van der Waals surface area (Å²) >= 11 is 0. The van der Waals surface area contributed by atoms with Gasteiger partial charge < -0.3 is 15.1 Å². The van der Waals surface area contributed by atoms with Crippen molar-refractivity contribution in [1.29, 1.82) is 0 Å². The van der Waals surface area contributed by atoms with E-state index in [1.165, 1.54) is 0 Å². The lowest BCUT2D eigenvalue weighted by molar-refractivity contribution is -0.881. The van der Waals surface area contributed by atoms with Crippen molar-refractivity contribution in [3.05, 3.63) is 30.1 Å². The van der Waals surface area contributed by atoms with E-state index in [0.717, 1.165) is 5.56 Å². The van der Waals surface area contributed by atoms with Crippen LogP contribution in [-0.2, 0) is 11.3 Å². The Morgan fingerprint density at radius 2 is 2.10 bits per heavy atom. The summed E-state index contributed by atoms with van der Waals surface area (Å²) < 4.78 is 0.436. The maximum Gasteiger partial charge on any atom is 0.315 e. The van der Waals surface area contributed by atoms with Gasteiger partial charge in [0.15, 0.2) is 6.54 Å². The monoisotopic (exact) mass is 295 g/mol. The van der Waals surface area contributed by atoms with Gasteiger partial charge in [0.05, 0.1) is 27.2 Å². The third kappa shape index (κ3) is 7.23. The molecule has 0 aromatic carbocycles. The zero-order valence-corrected chi connectivity index (χ0v) is 12.4. The molecule has 8 heteroatoms. The average molecular weight is 295 g/mol. The third-order valence-corrected chi connectivity index (χ3v) is 2.91. The number of urea groups is 1. The molecule has 0 aliphatic rings. The van der Waals surface area contributed by atoms with E-state index >= 15 is 0 Å². The average Bonchev–Trinajstić information content (AvgIpc) is 2.45. The van der Waals surface area contributed by atoms with E-state index in [4.69, 9.17) is 5.84 Å². The number of aromatic nitrogens is 1. The van der Waals surface area contributed by atoms with Gasteiger partial charge in [0, 0.05) is 18.9 Å². The van der Waals surface area contributed by atoms with Gasteiger partial charge in [-0.25, -0.2) is 10.6 Å². The van der Waals surface area contributed by atoms with Crippen LogP contribution in [0.2, 0.25) is 0 Å². The Balaban J connectivity index is 2.22. The molecule has 0 fully saturated rings. The zero-order chi connectivity index (χ0) is 15.7. The van der Waals surface area contributed by atoms with Gasteiger partial charge in [-0.05, 0) is 11.6 Å². The normalized spacial score (nSPS) is 10.8. The van der Waals surface area contributed by atoms with E-state index in [2.05, 4.69) is 21.0 Å². The smallest absolute Gasteiger partial charge is 0.315 e. The van der Waals surface area contributed by atoms with Gasteiger partial charge in [0.25, 0.3) is 5.91 Å². The Hall–Kier alpha value is -2.19. The molecule has 0 unspecified atom stereocenters.